The second-order valence-electron chi connectivity index (χ2n) is 7.41. The van der Waals surface area contributed by atoms with Crippen LogP contribution in [0.2, 0.25) is 0 Å². The van der Waals surface area contributed by atoms with Gasteiger partial charge in [-0.1, -0.05) is 37.6 Å². The van der Waals surface area contributed by atoms with E-state index in [2.05, 4.69) is 31.2 Å². The monoisotopic (exact) mass is 396 g/mol. The van der Waals surface area contributed by atoms with Crippen LogP contribution < -0.4 is 0 Å². The molecular weight excluding hydrogens is 375 g/mol. The fourth-order valence-electron chi connectivity index (χ4n) is 3.69. The van der Waals surface area contributed by atoms with E-state index in [-0.39, 0.29) is 5.82 Å². The Kier molecular flexibility index (Phi) is 4.71. The van der Waals surface area contributed by atoms with E-state index < -0.39 is 0 Å². The first kappa shape index (κ1) is 18.4. The van der Waals surface area contributed by atoms with Crippen molar-refractivity contribution in [2.24, 2.45) is 0 Å². The van der Waals surface area contributed by atoms with Crippen LogP contribution in [0.15, 0.2) is 72.8 Å². The number of benzene rings is 3. The highest BCUT2D eigenvalue weighted by Gasteiger charge is 2.17. The van der Waals surface area contributed by atoms with Gasteiger partial charge in [0.1, 0.15) is 11.6 Å². The molecule has 0 bridgehead atoms. The zero-order valence-electron chi connectivity index (χ0n) is 16.7. The number of halogens is 1. The van der Waals surface area contributed by atoms with Crippen LogP contribution in [0.3, 0.4) is 0 Å². The summed E-state index contributed by atoms with van der Waals surface area (Å²) in [7, 11) is 0. The first-order chi connectivity index (χ1) is 14.7. The van der Waals surface area contributed by atoms with Crippen LogP contribution in [0, 0.1) is 5.82 Å². The molecule has 0 spiro atoms. The molecule has 148 valence electrons. The highest BCUT2D eigenvalue weighted by Crippen LogP contribution is 2.28. The molecule has 0 saturated heterocycles. The highest BCUT2D eigenvalue weighted by molar-refractivity contribution is 5.86. The van der Waals surface area contributed by atoms with Crippen molar-refractivity contribution in [3.8, 4) is 17.1 Å². The van der Waals surface area contributed by atoms with Gasteiger partial charge in [0.2, 0.25) is 0 Å². The Morgan fingerprint density at radius 2 is 1.50 bits per heavy atom. The SMILES string of the molecule is CCCCc1ccc(-n2c(-c3ccc(F)cc3)nc3nc4ccccc4nc32)cc1. The summed E-state index contributed by atoms with van der Waals surface area (Å²) in [5.41, 5.74) is 5.96. The lowest BCUT2D eigenvalue weighted by Gasteiger charge is -2.10. The number of para-hydroxylation sites is 2. The van der Waals surface area contributed by atoms with Crippen LogP contribution in [-0.2, 0) is 6.42 Å². The Labute approximate surface area is 174 Å². The van der Waals surface area contributed by atoms with Gasteiger partial charge in [-0.15, -0.1) is 0 Å². The van der Waals surface area contributed by atoms with Crippen molar-refractivity contribution >= 4 is 22.3 Å². The quantitative estimate of drug-likeness (QED) is 0.360. The molecule has 0 N–H and O–H groups in total. The van der Waals surface area contributed by atoms with Crippen LogP contribution >= 0.6 is 0 Å². The Balaban J connectivity index is 1.73. The van der Waals surface area contributed by atoms with Gasteiger partial charge in [0, 0.05) is 11.3 Å². The molecule has 0 saturated carbocycles. The Bertz CT molecular complexity index is 1320. The van der Waals surface area contributed by atoms with Crippen LogP contribution in [-0.4, -0.2) is 19.5 Å². The van der Waals surface area contributed by atoms with Crippen molar-refractivity contribution in [1.29, 1.82) is 0 Å². The molecule has 5 heteroatoms. The zero-order chi connectivity index (χ0) is 20.5. The predicted octanol–water partition coefficient (Wildman–Crippen LogP) is 6.12. The molecule has 0 aliphatic carbocycles. The van der Waals surface area contributed by atoms with Gasteiger partial charge in [0.25, 0.3) is 0 Å². The number of aromatic nitrogens is 4. The molecule has 0 aliphatic rings. The molecule has 30 heavy (non-hydrogen) atoms. The molecule has 5 rings (SSSR count). The van der Waals surface area contributed by atoms with E-state index in [0.717, 1.165) is 28.7 Å². The third-order valence-electron chi connectivity index (χ3n) is 5.29. The van der Waals surface area contributed by atoms with Crippen molar-refractivity contribution in [1.82, 2.24) is 19.5 Å². The number of aryl methyl sites for hydroxylation is 1. The first-order valence-corrected chi connectivity index (χ1v) is 10.2. The summed E-state index contributed by atoms with van der Waals surface area (Å²) in [6.45, 7) is 2.20. The van der Waals surface area contributed by atoms with Crippen LogP contribution in [0.5, 0.6) is 0 Å². The lowest BCUT2D eigenvalue weighted by Crippen LogP contribution is -2.00. The summed E-state index contributed by atoms with van der Waals surface area (Å²) in [4.78, 5) is 14.3. The summed E-state index contributed by atoms with van der Waals surface area (Å²) < 4.78 is 15.5. The van der Waals surface area contributed by atoms with E-state index in [1.165, 1.54) is 30.5 Å². The van der Waals surface area contributed by atoms with Gasteiger partial charge in [-0.3, -0.25) is 4.57 Å². The van der Waals surface area contributed by atoms with E-state index in [4.69, 9.17) is 15.0 Å². The molecule has 5 aromatic rings. The van der Waals surface area contributed by atoms with Crippen LogP contribution in [0.25, 0.3) is 39.4 Å². The topological polar surface area (TPSA) is 43.6 Å². The van der Waals surface area contributed by atoms with E-state index in [1.54, 1.807) is 12.1 Å². The minimum absolute atomic E-state index is 0.274. The van der Waals surface area contributed by atoms with Crippen LogP contribution in [0.1, 0.15) is 25.3 Å². The van der Waals surface area contributed by atoms with Gasteiger partial charge in [-0.2, -0.15) is 0 Å². The molecule has 0 aliphatic heterocycles. The highest BCUT2D eigenvalue weighted by atomic mass is 19.1. The van der Waals surface area contributed by atoms with E-state index >= 15 is 0 Å². The van der Waals surface area contributed by atoms with Gasteiger partial charge < -0.3 is 0 Å². The molecular formula is C25H21FN4. The van der Waals surface area contributed by atoms with E-state index in [1.807, 2.05) is 28.8 Å². The van der Waals surface area contributed by atoms with Gasteiger partial charge >= 0.3 is 0 Å². The molecule has 2 aromatic heterocycles. The fraction of sp³-hybridized carbons (Fsp3) is 0.160. The summed E-state index contributed by atoms with van der Waals surface area (Å²) in [5, 5.41) is 0. The number of nitrogens with zero attached hydrogens (tertiary/aromatic N) is 4. The second-order valence-corrected chi connectivity index (χ2v) is 7.41. The van der Waals surface area contributed by atoms with Crippen molar-refractivity contribution in [3.63, 3.8) is 0 Å². The third-order valence-corrected chi connectivity index (χ3v) is 5.29. The average Bonchev–Trinajstić information content (AvgIpc) is 3.15. The number of hydrogen-bond acceptors (Lipinski definition) is 3. The molecule has 0 fully saturated rings. The number of rotatable bonds is 5. The Morgan fingerprint density at radius 3 is 2.20 bits per heavy atom. The minimum Gasteiger partial charge on any atom is -0.275 e. The molecule has 0 atom stereocenters. The van der Waals surface area contributed by atoms with Gasteiger partial charge in [0.15, 0.2) is 11.3 Å². The lowest BCUT2D eigenvalue weighted by molar-refractivity contribution is 0.628. The maximum absolute atomic E-state index is 13.5. The zero-order valence-corrected chi connectivity index (χ0v) is 16.7. The Morgan fingerprint density at radius 1 is 0.800 bits per heavy atom. The standard InChI is InChI=1S/C25H21FN4/c1-2-3-6-17-9-15-20(16-10-17)30-24(18-11-13-19(26)14-12-18)29-23-25(30)28-22-8-5-4-7-21(22)27-23/h4-5,7-16H,2-3,6H2,1H3. The predicted molar refractivity (Wildman–Crippen MR) is 118 cm³/mol. The second kappa shape index (κ2) is 7.67. The summed E-state index contributed by atoms with van der Waals surface area (Å²) >= 11 is 0. The van der Waals surface area contributed by atoms with Crippen molar-refractivity contribution in [2.45, 2.75) is 26.2 Å². The van der Waals surface area contributed by atoms with E-state index in [9.17, 15) is 4.39 Å². The van der Waals surface area contributed by atoms with Crippen molar-refractivity contribution in [3.05, 3.63) is 84.2 Å². The summed E-state index contributed by atoms with van der Waals surface area (Å²) in [5.74, 6) is 0.422. The molecule has 0 radical (unpaired) electrons. The molecule has 3 aromatic carbocycles. The van der Waals surface area contributed by atoms with Gasteiger partial charge in [-0.05, 0) is 66.9 Å². The van der Waals surface area contributed by atoms with Gasteiger partial charge in [0.05, 0.1) is 11.0 Å². The Hall–Kier alpha value is -3.60. The van der Waals surface area contributed by atoms with Crippen molar-refractivity contribution in [2.75, 3.05) is 0 Å². The largest absolute Gasteiger partial charge is 0.275 e. The third kappa shape index (κ3) is 3.32. The number of unbranched alkanes of at least 4 members (excludes halogenated alkanes) is 1. The maximum Gasteiger partial charge on any atom is 0.199 e. The normalized spacial score (nSPS) is 11.4. The molecule has 2 heterocycles. The maximum atomic E-state index is 13.5. The van der Waals surface area contributed by atoms with Crippen molar-refractivity contribution < 1.29 is 4.39 Å². The molecule has 4 nitrogen and oxygen atoms in total. The number of hydrogen-bond donors (Lipinski definition) is 0. The minimum atomic E-state index is -0.274. The number of fused-ring (bicyclic) bond motifs is 2. The fourth-order valence-corrected chi connectivity index (χ4v) is 3.69. The summed E-state index contributed by atoms with van der Waals surface area (Å²) in [6, 6.07) is 22.6. The lowest BCUT2D eigenvalue weighted by atomic mass is 10.1. The van der Waals surface area contributed by atoms with Gasteiger partial charge in [-0.25, -0.2) is 19.3 Å². The smallest absolute Gasteiger partial charge is 0.199 e. The van der Waals surface area contributed by atoms with Crippen LogP contribution in [0.4, 0.5) is 4.39 Å². The summed E-state index contributed by atoms with van der Waals surface area (Å²) in [6.07, 6.45) is 3.41. The molecule has 0 unspecified atom stereocenters. The molecule has 0 amide bonds. The number of imidazole rings is 1. The van der Waals surface area contributed by atoms with E-state index in [0.29, 0.717) is 17.1 Å². The first-order valence-electron chi connectivity index (χ1n) is 10.2. The average molecular weight is 396 g/mol.